The van der Waals surface area contributed by atoms with Gasteiger partial charge in [-0.25, -0.2) is 18.2 Å². The Bertz CT molecular complexity index is 1170. The van der Waals surface area contributed by atoms with Crippen molar-refractivity contribution in [3.8, 4) is 0 Å². The molecule has 1 aromatic carbocycles. The Hall–Kier alpha value is -3.78. The van der Waals surface area contributed by atoms with Crippen LogP contribution in [-0.4, -0.2) is 48.3 Å². The van der Waals surface area contributed by atoms with Crippen LogP contribution in [0.25, 0.3) is 0 Å². The van der Waals surface area contributed by atoms with Crippen LogP contribution in [0.15, 0.2) is 57.2 Å². The second-order valence-corrected chi connectivity index (χ2v) is 8.78. The number of guanidine groups is 1. The Morgan fingerprint density at radius 2 is 1.85 bits per heavy atom. The van der Waals surface area contributed by atoms with Crippen molar-refractivity contribution in [1.82, 2.24) is 19.6 Å². The summed E-state index contributed by atoms with van der Waals surface area (Å²) in [5, 5.41) is 2.37. The molecular weight excluding hydrogens is 454 g/mol. The molecule has 0 fully saturated rings. The van der Waals surface area contributed by atoms with E-state index >= 15 is 0 Å². The third-order valence-corrected chi connectivity index (χ3v) is 5.67. The number of hydrogen-bond acceptors (Lipinski definition) is 7. The number of H-pyrrole nitrogens is 1. The van der Waals surface area contributed by atoms with E-state index in [1.165, 1.54) is 0 Å². The first kappa shape index (κ1) is 25.5. The van der Waals surface area contributed by atoms with E-state index in [9.17, 15) is 27.6 Å². The van der Waals surface area contributed by atoms with Crippen LogP contribution in [-0.2, 0) is 31.9 Å². The fourth-order valence-electron chi connectivity index (χ4n) is 2.88. The van der Waals surface area contributed by atoms with Gasteiger partial charge in [0.25, 0.3) is 5.56 Å². The van der Waals surface area contributed by atoms with Crippen LogP contribution in [0.2, 0.25) is 0 Å². The van der Waals surface area contributed by atoms with Crippen molar-refractivity contribution in [2.45, 2.75) is 37.3 Å². The highest BCUT2D eigenvalue weighted by atomic mass is 32.2. The Morgan fingerprint density at radius 3 is 2.45 bits per heavy atom. The number of aromatic nitrogens is 2. The predicted octanol–water partition coefficient (Wildman–Crippen LogP) is -2.28. The Balaban J connectivity index is 2.01. The molecule has 178 valence electrons. The zero-order valence-corrected chi connectivity index (χ0v) is 18.3. The zero-order valence-electron chi connectivity index (χ0n) is 17.5. The molecule has 1 heterocycles. The zero-order chi connectivity index (χ0) is 24.4. The molecule has 13 nitrogen and oxygen atoms in total. The van der Waals surface area contributed by atoms with Gasteiger partial charge in [-0.2, -0.15) is 4.72 Å². The summed E-state index contributed by atoms with van der Waals surface area (Å²) in [5.74, 6) is -1.43. The standard InChI is InChI=1S/C19H25N7O6S/c20-18(21)24-15(25-33(31,32)12-13-4-2-1-3-5-13)7-6-14(11-27)23-16(28)10-26-17(29)8-9-22-19(26)30/h1-5,8-9,11,14-15,25H,6-7,10,12H2,(H,22,30)(H,23,28)(H4,20,21,24)/t14-,15?/m0/s1. The lowest BCUT2D eigenvalue weighted by molar-refractivity contribution is -0.124. The van der Waals surface area contributed by atoms with Gasteiger partial charge in [0.05, 0.1) is 11.8 Å². The molecule has 2 atom stereocenters. The van der Waals surface area contributed by atoms with E-state index in [2.05, 4.69) is 20.0 Å². The number of carbonyl (C=O) groups excluding carboxylic acids is 2. The molecule has 14 heteroatoms. The Kier molecular flexibility index (Phi) is 9.06. The molecule has 0 aliphatic rings. The third kappa shape index (κ3) is 8.70. The second kappa shape index (κ2) is 11.7. The Morgan fingerprint density at radius 1 is 1.15 bits per heavy atom. The molecule has 2 rings (SSSR count). The van der Waals surface area contributed by atoms with E-state index in [-0.39, 0.29) is 24.6 Å². The minimum Gasteiger partial charge on any atom is -0.370 e. The van der Waals surface area contributed by atoms with Gasteiger partial charge in [-0.05, 0) is 18.4 Å². The number of aliphatic imine (C=N–C) groups is 1. The van der Waals surface area contributed by atoms with Gasteiger partial charge in [0, 0.05) is 12.3 Å². The molecule has 1 aromatic heterocycles. The lowest BCUT2D eigenvalue weighted by Crippen LogP contribution is -2.44. The molecule has 0 aliphatic heterocycles. The summed E-state index contributed by atoms with van der Waals surface area (Å²) in [4.78, 5) is 53.1. The van der Waals surface area contributed by atoms with Gasteiger partial charge in [-0.3, -0.25) is 14.2 Å². The van der Waals surface area contributed by atoms with Gasteiger partial charge < -0.3 is 26.6 Å². The van der Waals surface area contributed by atoms with Gasteiger partial charge in [-0.15, -0.1) is 0 Å². The average Bonchev–Trinajstić information content (AvgIpc) is 2.73. The number of amides is 1. The van der Waals surface area contributed by atoms with Gasteiger partial charge >= 0.3 is 5.69 Å². The molecule has 0 aliphatic carbocycles. The summed E-state index contributed by atoms with van der Waals surface area (Å²) in [6.07, 6.45) is 0.464. The van der Waals surface area contributed by atoms with Gasteiger partial charge in [0.2, 0.25) is 15.9 Å². The first-order chi connectivity index (χ1) is 15.6. The van der Waals surface area contributed by atoms with Crippen LogP contribution < -0.4 is 32.8 Å². The lowest BCUT2D eigenvalue weighted by atomic mass is 10.1. The number of benzene rings is 1. The van der Waals surface area contributed by atoms with Crippen LogP contribution in [0.5, 0.6) is 0 Å². The van der Waals surface area contributed by atoms with Crippen molar-refractivity contribution < 1.29 is 18.0 Å². The maximum Gasteiger partial charge on any atom is 0.328 e. The molecule has 0 radical (unpaired) electrons. The molecule has 0 saturated carbocycles. The van der Waals surface area contributed by atoms with E-state index in [1.54, 1.807) is 30.3 Å². The summed E-state index contributed by atoms with van der Waals surface area (Å²) < 4.78 is 28.0. The first-order valence-electron chi connectivity index (χ1n) is 9.75. The molecule has 2 aromatic rings. The number of sulfonamides is 1. The molecule has 0 saturated heterocycles. The van der Waals surface area contributed by atoms with E-state index in [4.69, 9.17) is 11.5 Å². The van der Waals surface area contributed by atoms with Crippen molar-refractivity contribution in [2.75, 3.05) is 0 Å². The smallest absolute Gasteiger partial charge is 0.328 e. The average molecular weight is 480 g/mol. The third-order valence-electron chi connectivity index (χ3n) is 4.33. The van der Waals surface area contributed by atoms with Crippen molar-refractivity contribution in [1.29, 1.82) is 0 Å². The SMILES string of the molecule is NC(N)=NC(CC[C@@H](C=O)NC(=O)Cn1c(=O)cc[nH]c1=O)NS(=O)(=O)Cc1ccccc1. The van der Waals surface area contributed by atoms with Gasteiger partial charge in [0.15, 0.2) is 5.96 Å². The predicted molar refractivity (Wildman–Crippen MR) is 120 cm³/mol. The van der Waals surface area contributed by atoms with E-state index in [0.29, 0.717) is 16.4 Å². The number of nitrogens with two attached hydrogens (primary N) is 2. The molecule has 33 heavy (non-hydrogen) atoms. The number of aldehydes is 1. The molecular formula is C19H25N7O6S. The quantitative estimate of drug-likeness (QED) is 0.127. The number of hydrogen-bond donors (Lipinski definition) is 5. The largest absolute Gasteiger partial charge is 0.370 e. The van der Waals surface area contributed by atoms with Crippen molar-refractivity contribution >= 4 is 28.2 Å². The molecule has 0 spiro atoms. The molecule has 1 unspecified atom stereocenters. The molecule has 7 N–H and O–H groups in total. The van der Waals surface area contributed by atoms with Gasteiger partial charge in [-0.1, -0.05) is 30.3 Å². The summed E-state index contributed by atoms with van der Waals surface area (Å²) in [7, 11) is -3.83. The minimum absolute atomic E-state index is 0.0232. The minimum atomic E-state index is -3.83. The highest BCUT2D eigenvalue weighted by Gasteiger charge is 2.21. The van der Waals surface area contributed by atoms with Crippen molar-refractivity contribution in [2.24, 2.45) is 16.5 Å². The highest BCUT2D eigenvalue weighted by Crippen LogP contribution is 2.08. The van der Waals surface area contributed by atoms with Crippen molar-refractivity contribution in [3.05, 3.63) is 69.0 Å². The highest BCUT2D eigenvalue weighted by molar-refractivity contribution is 7.88. The topological polar surface area (TPSA) is 212 Å². The van der Waals surface area contributed by atoms with E-state index < -0.39 is 45.9 Å². The van der Waals surface area contributed by atoms with E-state index in [1.807, 2.05) is 0 Å². The molecule has 0 bridgehead atoms. The molecule has 1 amide bonds. The van der Waals surface area contributed by atoms with E-state index in [0.717, 1.165) is 12.3 Å². The van der Waals surface area contributed by atoms with Crippen LogP contribution in [0.3, 0.4) is 0 Å². The van der Waals surface area contributed by atoms with Crippen LogP contribution in [0, 0.1) is 0 Å². The fourth-order valence-corrected chi connectivity index (χ4v) is 4.18. The number of aromatic amines is 1. The normalized spacial score (nSPS) is 13.0. The second-order valence-electron chi connectivity index (χ2n) is 7.03. The maximum absolute atomic E-state index is 12.5. The number of nitrogens with zero attached hydrogens (tertiary/aromatic N) is 2. The fraction of sp³-hybridized carbons (Fsp3) is 0.316. The van der Waals surface area contributed by atoms with Crippen molar-refractivity contribution in [3.63, 3.8) is 0 Å². The first-order valence-corrected chi connectivity index (χ1v) is 11.4. The summed E-state index contributed by atoms with van der Waals surface area (Å²) in [6.45, 7) is -0.597. The lowest BCUT2D eigenvalue weighted by Gasteiger charge is -2.18. The monoisotopic (exact) mass is 479 g/mol. The summed E-state index contributed by atoms with van der Waals surface area (Å²) in [6, 6.07) is 8.50. The maximum atomic E-state index is 12.5. The van der Waals surface area contributed by atoms with Gasteiger partial charge in [0.1, 0.15) is 19.0 Å². The summed E-state index contributed by atoms with van der Waals surface area (Å²) >= 11 is 0. The van der Waals surface area contributed by atoms with Crippen LogP contribution in [0.1, 0.15) is 18.4 Å². The Labute approximate surface area is 189 Å². The number of nitrogens with one attached hydrogen (secondary N) is 3. The number of rotatable bonds is 12. The number of carbonyl (C=O) groups is 2. The summed E-state index contributed by atoms with van der Waals surface area (Å²) in [5.41, 5.74) is 9.87. The van der Waals surface area contributed by atoms with Crippen LogP contribution >= 0.6 is 0 Å². The van der Waals surface area contributed by atoms with Crippen LogP contribution in [0.4, 0.5) is 0 Å².